The summed E-state index contributed by atoms with van der Waals surface area (Å²) in [6, 6.07) is 10.8. The number of benzene rings is 2. The van der Waals surface area contributed by atoms with E-state index >= 15 is 0 Å². The molecule has 13 heteroatoms. The van der Waals surface area contributed by atoms with Gasteiger partial charge in [-0.3, -0.25) is 9.52 Å². The Balaban J connectivity index is 1.88. The molecule has 3 rings (SSSR count). The van der Waals surface area contributed by atoms with Gasteiger partial charge in [0.05, 0.1) is 43.8 Å². The van der Waals surface area contributed by atoms with E-state index in [-0.39, 0.29) is 49.0 Å². The monoisotopic (exact) mass is 634 g/mol. The Kier molecular flexibility index (Phi) is 12.7. The zero-order chi connectivity index (χ0) is 32.4. The van der Waals surface area contributed by atoms with Gasteiger partial charge in [-0.15, -0.1) is 0 Å². The predicted octanol–water partition coefficient (Wildman–Crippen LogP) is 4.03. The van der Waals surface area contributed by atoms with Crippen LogP contribution in [0.15, 0.2) is 42.5 Å². The minimum Gasteiger partial charge on any atom is -0.497 e. The highest BCUT2D eigenvalue weighted by atomic mass is 32.2. The van der Waals surface area contributed by atoms with Crippen molar-refractivity contribution in [2.45, 2.75) is 58.3 Å². The van der Waals surface area contributed by atoms with Crippen LogP contribution in [0.1, 0.15) is 50.4 Å². The number of sulfonamides is 1. The molecule has 0 saturated heterocycles. The van der Waals surface area contributed by atoms with Crippen molar-refractivity contribution < 1.29 is 37.3 Å². The number of aliphatic hydroxyl groups excluding tert-OH is 1. The van der Waals surface area contributed by atoms with Crippen molar-refractivity contribution in [3.8, 4) is 11.5 Å². The molecule has 1 heterocycles. The third-order valence-electron chi connectivity index (χ3n) is 7.50. The molecule has 3 amide bonds. The highest BCUT2D eigenvalue weighted by molar-refractivity contribution is 7.92. The van der Waals surface area contributed by atoms with Crippen molar-refractivity contribution in [1.29, 1.82) is 0 Å². The summed E-state index contributed by atoms with van der Waals surface area (Å²) < 4.78 is 43.9. The molecule has 0 radical (unpaired) electrons. The Morgan fingerprint density at radius 2 is 1.84 bits per heavy atom. The molecule has 1 aliphatic rings. The van der Waals surface area contributed by atoms with Crippen molar-refractivity contribution >= 4 is 33.3 Å². The van der Waals surface area contributed by atoms with Gasteiger partial charge >= 0.3 is 6.03 Å². The van der Waals surface area contributed by atoms with E-state index in [0.717, 1.165) is 19.1 Å². The van der Waals surface area contributed by atoms with Gasteiger partial charge in [0.2, 0.25) is 10.0 Å². The summed E-state index contributed by atoms with van der Waals surface area (Å²) in [6.07, 6.45) is 2.71. The molecule has 2 aromatic carbocycles. The summed E-state index contributed by atoms with van der Waals surface area (Å²) in [7, 11) is -0.328. The van der Waals surface area contributed by atoms with E-state index in [9.17, 15) is 23.1 Å². The number of carbonyl (C=O) groups is 2. The number of carbonyl (C=O) groups excluding carboxylic acids is 2. The van der Waals surface area contributed by atoms with Crippen molar-refractivity contribution in [2.24, 2.45) is 5.92 Å². The van der Waals surface area contributed by atoms with Crippen molar-refractivity contribution in [2.75, 3.05) is 56.8 Å². The topological polar surface area (TPSA) is 147 Å². The fraction of sp³-hybridized carbons (Fsp3) is 0.548. The Morgan fingerprint density at radius 3 is 2.48 bits per heavy atom. The number of amides is 3. The molecule has 4 atom stereocenters. The number of hydrogen-bond acceptors (Lipinski definition) is 8. The molecular weight excluding hydrogens is 588 g/mol. The summed E-state index contributed by atoms with van der Waals surface area (Å²) in [4.78, 5) is 30.2. The zero-order valence-corrected chi connectivity index (χ0v) is 27.2. The maximum atomic E-state index is 14.1. The summed E-state index contributed by atoms with van der Waals surface area (Å²) >= 11 is 0. The summed E-state index contributed by atoms with van der Waals surface area (Å²) in [5, 5.41) is 13.0. The summed E-state index contributed by atoms with van der Waals surface area (Å²) in [5.41, 5.74) is 1.03. The number of nitrogens with zero attached hydrogens (tertiary/aromatic N) is 2. The van der Waals surface area contributed by atoms with Crippen LogP contribution < -0.4 is 19.5 Å². The van der Waals surface area contributed by atoms with E-state index in [2.05, 4.69) is 10.0 Å². The standard InChI is InChI=1S/C31H46N4O8S/c1-21-18-35(22(2)20-36)30(37)27-17-25(33-44(6,39)40)12-15-28(27)43-23(3)9-7-8-16-42-29(21)19-34(4)31(38)32-24-10-13-26(41-5)14-11-24/h10-15,17,21-23,29,33,36H,7-9,16,18-20H2,1-6H3,(H,32,38)/t21-,22-,23-,29-/m1/s1. The van der Waals surface area contributed by atoms with Crippen LogP contribution >= 0.6 is 0 Å². The number of anilines is 2. The van der Waals surface area contributed by atoms with Crippen molar-refractivity contribution in [3.05, 3.63) is 48.0 Å². The van der Waals surface area contributed by atoms with E-state index in [1.54, 1.807) is 67.3 Å². The van der Waals surface area contributed by atoms with Gasteiger partial charge < -0.3 is 34.4 Å². The van der Waals surface area contributed by atoms with Gasteiger partial charge in [0.1, 0.15) is 11.5 Å². The van der Waals surface area contributed by atoms with Gasteiger partial charge in [0.25, 0.3) is 5.91 Å². The van der Waals surface area contributed by atoms with Crippen molar-refractivity contribution in [3.63, 3.8) is 0 Å². The van der Waals surface area contributed by atoms with Crippen LogP contribution in [0.25, 0.3) is 0 Å². The molecule has 0 saturated carbocycles. The third kappa shape index (κ3) is 10.3. The summed E-state index contributed by atoms with van der Waals surface area (Å²) in [6.45, 7) is 6.24. The number of fused-ring (bicyclic) bond motifs is 1. The number of aliphatic hydroxyl groups is 1. The molecule has 3 N–H and O–H groups in total. The number of methoxy groups -OCH3 is 1. The van der Waals surface area contributed by atoms with Gasteiger partial charge in [-0.1, -0.05) is 6.92 Å². The highest BCUT2D eigenvalue weighted by Crippen LogP contribution is 2.29. The number of likely N-dealkylation sites (N-methyl/N-ethyl adjacent to an activating group) is 1. The molecule has 12 nitrogen and oxygen atoms in total. The molecule has 1 aliphatic heterocycles. The minimum atomic E-state index is -3.59. The van der Waals surface area contributed by atoms with E-state index in [4.69, 9.17) is 14.2 Å². The fourth-order valence-electron chi connectivity index (χ4n) is 4.91. The third-order valence-corrected chi connectivity index (χ3v) is 8.10. The van der Waals surface area contributed by atoms with Gasteiger partial charge in [-0.25, -0.2) is 13.2 Å². The Labute approximate surface area is 260 Å². The lowest BCUT2D eigenvalue weighted by Crippen LogP contribution is -2.48. The molecular formula is C31H46N4O8S. The lowest BCUT2D eigenvalue weighted by molar-refractivity contribution is -0.0115. The maximum absolute atomic E-state index is 14.1. The first-order chi connectivity index (χ1) is 20.8. The second kappa shape index (κ2) is 16.0. The van der Waals surface area contributed by atoms with Gasteiger partial charge in [-0.2, -0.15) is 0 Å². The molecule has 0 aliphatic carbocycles. The Morgan fingerprint density at radius 1 is 1.16 bits per heavy atom. The number of ether oxygens (including phenoxy) is 3. The maximum Gasteiger partial charge on any atom is 0.321 e. The molecule has 0 aromatic heterocycles. The first-order valence-electron chi connectivity index (χ1n) is 14.8. The summed E-state index contributed by atoms with van der Waals surface area (Å²) in [5.74, 6) is 0.358. The lowest BCUT2D eigenvalue weighted by Gasteiger charge is -2.35. The van der Waals surface area contributed by atoms with Crippen LogP contribution in [0.2, 0.25) is 0 Å². The minimum absolute atomic E-state index is 0.184. The van der Waals surface area contributed by atoms with Crippen LogP contribution in [0.4, 0.5) is 16.2 Å². The number of hydrogen-bond donors (Lipinski definition) is 3. The van der Waals surface area contributed by atoms with Crippen LogP contribution in [0.5, 0.6) is 11.5 Å². The van der Waals surface area contributed by atoms with E-state index in [1.807, 2.05) is 13.8 Å². The Bertz CT molecular complexity index is 1350. The molecule has 244 valence electrons. The van der Waals surface area contributed by atoms with Gasteiger partial charge in [0.15, 0.2) is 0 Å². The fourth-order valence-corrected chi connectivity index (χ4v) is 5.46. The molecule has 2 aromatic rings. The molecule has 0 fully saturated rings. The SMILES string of the molecule is COc1ccc(NC(=O)N(C)C[C@H]2OCCCC[C@@H](C)Oc3ccc(NS(C)(=O)=O)cc3C(=O)N([C@H](C)CO)C[C@H]2C)cc1. The van der Waals surface area contributed by atoms with Gasteiger partial charge in [-0.05, 0) is 75.6 Å². The second-order valence-electron chi connectivity index (χ2n) is 11.4. The Hall–Kier alpha value is -3.55. The first-order valence-corrected chi connectivity index (χ1v) is 16.7. The first kappa shape index (κ1) is 34.9. The highest BCUT2D eigenvalue weighted by Gasteiger charge is 2.31. The van der Waals surface area contributed by atoms with E-state index in [1.165, 1.54) is 6.07 Å². The molecule has 0 unspecified atom stereocenters. The van der Waals surface area contributed by atoms with Crippen LogP contribution in [-0.2, 0) is 14.8 Å². The molecule has 0 spiro atoms. The smallest absolute Gasteiger partial charge is 0.321 e. The van der Waals surface area contributed by atoms with Crippen LogP contribution in [0, 0.1) is 5.92 Å². The zero-order valence-electron chi connectivity index (χ0n) is 26.4. The second-order valence-corrected chi connectivity index (χ2v) is 13.2. The molecule has 0 bridgehead atoms. The number of rotatable bonds is 8. The van der Waals surface area contributed by atoms with Gasteiger partial charge in [0, 0.05) is 44.0 Å². The van der Waals surface area contributed by atoms with Crippen LogP contribution in [0.3, 0.4) is 0 Å². The van der Waals surface area contributed by atoms with Crippen molar-refractivity contribution in [1.82, 2.24) is 9.80 Å². The van der Waals surface area contributed by atoms with E-state index in [0.29, 0.717) is 30.2 Å². The average Bonchev–Trinajstić information content (AvgIpc) is 2.98. The number of urea groups is 1. The lowest BCUT2D eigenvalue weighted by atomic mass is 10.0. The largest absolute Gasteiger partial charge is 0.497 e. The quantitative estimate of drug-likeness (QED) is 0.395. The van der Waals surface area contributed by atoms with Crippen LogP contribution in [-0.4, -0.2) is 100 Å². The number of nitrogens with one attached hydrogen (secondary N) is 2. The predicted molar refractivity (Wildman–Crippen MR) is 170 cm³/mol. The van der Waals surface area contributed by atoms with E-state index < -0.39 is 28.1 Å². The normalized spacial score (nSPS) is 20.8. The molecule has 44 heavy (non-hydrogen) atoms. The average molecular weight is 635 g/mol.